The molecular weight excluding hydrogens is 276 g/mol. The number of hydrogen-bond acceptors (Lipinski definition) is 3. The van der Waals surface area contributed by atoms with Crippen LogP contribution in [0.25, 0.3) is 0 Å². The third kappa shape index (κ3) is 3.81. The van der Waals surface area contributed by atoms with E-state index in [1.165, 1.54) is 25.7 Å². The molecule has 5 nitrogen and oxygen atoms in total. The lowest BCUT2D eigenvalue weighted by Gasteiger charge is -2.27. The van der Waals surface area contributed by atoms with Crippen molar-refractivity contribution in [2.45, 2.75) is 55.7 Å². The Balaban J connectivity index is 1.72. The first-order valence-corrected chi connectivity index (χ1v) is 8.59. The van der Waals surface area contributed by atoms with E-state index in [2.05, 4.69) is 16.9 Å². The fraction of sp³-hybridized carbons (Fsp3) is 0.857. The molecule has 2 saturated carbocycles. The molecule has 3 N–H and O–H groups in total. The van der Waals surface area contributed by atoms with E-state index in [4.69, 9.17) is 5.11 Å². The predicted octanol–water partition coefficient (Wildman–Crippen LogP) is 2.21. The van der Waals surface area contributed by atoms with Gasteiger partial charge in [-0.2, -0.15) is 11.8 Å². The first kappa shape index (κ1) is 15.5. The Morgan fingerprint density at radius 1 is 1.30 bits per heavy atom. The fourth-order valence-corrected chi connectivity index (χ4v) is 4.20. The fourth-order valence-electron chi connectivity index (χ4n) is 3.29. The monoisotopic (exact) mass is 300 g/mol. The molecule has 2 unspecified atom stereocenters. The summed E-state index contributed by atoms with van der Waals surface area (Å²) < 4.78 is 0.205. The van der Waals surface area contributed by atoms with E-state index >= 15 is 0 Å². The van der Waals surface area contributed by atoms with Crippen molar-refractivity contribution in [1.82, 2.24) is 10.6 Å². The molecule has 0 heterocycles. The molecule has 0 spiro atoms. The summed E-state index contributed by atoms with van der Waals surface area (Å²) in [6.07, 6.45) is 8.90. The van der Waals surface area contributed by atoms with Crippen LogP contribution in [0.4, 0.5) is 4.79 Å². The summed E-state index contributed by atoms with van der Waals surface area (Å²) in [5.41, 5.74) is 0. The van der Waals surface area contributed by atoms with Crippen LogP contribution in [0.2, 0.25) is 0 Å². The number of aliphatic carboxylic acids is 1. The van der Waals surface area contributed by atoms with Crippen molar-refractivity contribution in [3.63, 3.8) is 0 Å². The Bertz CT molecular complexity index is 369. The molecule has 0 aliphatic heterocycles. The Kier molecular flexibility index (Phi) is 5.18. The van der Waals surface area contributed by atoms with Crippen molar-refractivity contribution >= 4 is 23.8 Å². The summed E-state index contributed by atoms with van der Waals surface area (Å²) in [7, 11) is 0. The number of thioether (sulfide) groups is 1. The van der Waals surface area contributed by atoms with E-state index in [9.17, 15) is 9.59 Å². The van der Waals surface area contributed by atoms with Crippen molar-refractivity contribution in [3.05, 3.63) is 0 Å². The maximum Gasteiger partial charge on any atom is 0.315 e. The van der Waals surface area contributed by atoms with Gasteiger partial charge < -0.3 is 15.7 Å². The molecule has 0 aromatic heterocycles. The molecule has 20 heavy (non-hydrogen) atoms. The van der Waals surface area contributed by atoms with Crippen LogP contribution in [-0.4, -0.2) is 40.7 Å². The topological polar surface area (TPSA) is 78.4 Å². The van der Waals surface area contributed by atoms with Crippen molar-refractivity contribution < 1.29 is 14.7 Å². The number of rotatable bonds is 5. The Hall–Kier alpha value is -0.910. The Labute approximate surface area is 124 Å². The molecule has 0 aromatic carbocycles. The second kappa shape index (κ2) is 6.70. The number of amides is 2. The van der Waals surface area contributed by atoms with Gasteiger partial charge >= 0.3 is 12.0 Å². The molecule has 6 heteroatoms. The number of hydrogen-bond donors (Lipinski definition) is 3. The van der Waals surface area contributed by atoms with E-state index in [0.29, 0.717) is 19.4 Å². The summed E-state index contributed by atoms with van der Waals surface area (Å²) in [5, 5.41) is 14.8. The molecule has 2 fully saturated rings. The molecule has 2 rings (SSSR count). The third-order valence-electron chi connectivity index (χ3n) is 4.64. The minimum absolute atomic E-state index is 0.00454. The van der Waals surface area contributed by atoms with Crippen LogP contribution in [0.3, 0.4) is 0 Å². The van der Waals surface area contributed by atoms with Crippen molar-refractivity contribution in [2.75, 3.05) is 12.8 Å². The first-order valence-electron chi connectivity index (χ1n) is 7.37. The van der Waals surface area contributed by atoms with Crippen molar-refractivity contribution in [1.29, 1.82) is 0 Å². The quantitative estimate of drug-likeness (QED) is 0.727. The van der Waals surface area contributed by atoms with Crippen LogP contribution in [0, 0.1) is 5.92 Å². The van der Waals surface area contributed by atoms with Crippen LogP contribution in [0.1, 0.15) is 44.9 Å². The zero-order valence-corrected chi connectivity index (χ0v) is 12.8. The van der Waals surface area contributed by atoms with Gasteiger partial charge in [-0.05, 0) is 38.4 Å². The van der Waals surface area contributed by atoms with E-state index in [1.54, 1.807) is 0 Å². The second-order valence-electron chi connectivity index (χ2n) is 5.97. The van der Waals surface area contributed by atoms with Gasteiger partial charge in [0.05, 0.1) is 5.92 Å². The van der Waals surface area contributed by atoms with Crippen molar-refractivity contribution in [2.24, 2.45) is 5.92 Å². The predicted molar refractivity (Wildman–Crippen MR) is 80.0 cm³/mol. The molecule has 2 amide bonds. The number of nitrogens with one attached hydrogen (secondary N) is 2. The number of urea groups is 1. The van der Waals surface area contributed by atoms with Crippen LogP contribution < -0.4 is 10.6 Å². The molecule has 0 radical (unpaired) electrons. The average Bonchev–Trinajstić information content (AvgIpc) is 3.06. The summed E-state index contributed by atoms with van der Waals surface area (Å²) >= 11 is 1.85. The van der Waals surface area contributed by atoms with Gasteiger partial charge in [0, 0.05) is 17.3 Å². The number of carboxylic acids is 1. The van der Waals surface area contributed by atoms with Gasteiger partial charge in [-0.25, -0.2) is 4.79 Å². The highest BCUT2D eigenvalue weighted by molar-refractivity contribution is 8.00. The van der Waals surface area contributed by atoms with Gasteiger partial charge in [0.25, 0.3) is 0 Å². The van der Waals surface area contributed by atoms with E-state index in [0.717, 1.165) is 6.42 Å². The van der Waals surface area contributed by atoms with Gasteiger partial charge in [0.1, 0.15) is 0 Å². The Morgan fingerprint density at radius 2 is 2.00 bits per heavy atom. The number of carboxylic acid groups (broad SMARTS) is 1. The van der Waals surface area contributed by atoms with Gasteiger partial charge in [0.2, 0.25) is 0 Å². The largest absolute Gasteiger partial charge is 0.481 e. The Morgan fingerprint density at radius 3 is 2.55 bits per heavy atom. The summed E-state index contributed by atoms with van der Waals surface area (Å²) in [6.45, 7) is 0.703. The highest BCUT2D eigenvalue weighted by Gasteiger charge is 2.34. The molecule has 114 valence electrons. The highest BCUT2D eigenvalue weighted by Crippen LogP contribution is 2.39. The van der Waals surface area contributed by atoms with E-state index in [-0.39, 0.29) is 22.7 Å². The molecule has 2 aliphatic rings. The highest BCUT2D eigenvalue weighted by atomic mass is 32.2. The smallest absolute Gasteiger partial charge is 0.315 e. The van der Waals surface area contributed by atoms with Crippen molar-refractivity contribution in [3.8, 4) is 0 Å². The van der Waals surface area contributed by atoms with E-state index in [1.807, 2.05) is 11.8 Å². The molecule has 0 bridgehead atoms. The molecular formula is C14H24N2O3S. The van der Waals surface area contributed by atoms with Crippen LogP contribution in [0.15, 0.2) is 0 Å². The normalized spacial score (nSPS) is 28.2. The average molecular weight is 300 g/mol. The number of carbonyl (C=O) groups is 2. The molecule has 2 atom stereocenters. The van der Waals surface area contributed by atoms with Crippen LogP contribution in [-0.2, 0) is 4.79 Å². The van der Waals surface area contributed by atoms with Gasteiger partial charge in [-0.1, -0.05) is 12.8 Å². The van der Waals surface area contributed by atoms with Gasteiger partial charge in [0.15, 0.2) is 0 Å². The van der Waals surface area contributed by atoms with Crippen LogP contribution >= 0.6 is 11.8 Å². The summed E-state index contributed by atoms with van der Waals surface area (Å²) in [5.74, 6) is -1.05. The molecule has 2 aliphatic carbocycles. The lowest BCUT2D eigenvalue weighted by molar-refractivity contribution is -0.141. The lowest BCUT2D eigenvalue weighted by atomic mass is 10.1. The lowest BCUT2D eigenvalue weighted by Crippen LogP contribution is -2.46. The van der Waals surface area contributed by atoms with Crippen LogP contribution in [0.5, 0.6) is 0 Å². The van der Waals surface area contributed by atoms with Gasteiger partial charge in [-0.15, -0.1) is 0 Å². The van der Waals surface area contributed by atoms with Gasteiger partial charge in [-0.3, -0.25) is 4.79 Å². The van der Waals surface area contributed by atoms with E-state index < -0.39 is 5.97 Å². The second-order valence-corrected chi connectivity index (χ2v) is 7.24. The third-order valence-corrected chi connectivity index (χ3v) is 6.05. The maximum absolute atomic E-state index is 11.9. The molecule has 0 saturated heterocycles. The zero-order valence-electron chi connectivity index (χ0n) is 12.0. The standard InChI is InChI=1S/C14H24N2O3S/c1-20-14(6-2-3-7-14)9-15-13(19)16-11-5-4-10(8-11)12(17)18/h10-11H,2-9H2,1H3,(H,17,18)(H2,15,16,19). The first-order chi connectivity index (χ1) is 9.54. The maximum atomic E-state index is 11.9. The minimum atomic E-state index is -0.748. The summed E-state index contributed by atoms with van der Waals surface area (Å²) in [4.78, 5) is 22.8. The zero-order chi connectivity index (χ0) is 14.6. The molecule has 0 aromatic rings. The summed E-state index contributed by atoms with van der Waals surface area (Å²) in [6, 6.07) is -0.147. The number of carbonyl (C=O) groups excluding carboxylic acids is 1. The SMILES string of the molecule is CSC1(CNC(=O)NC2CCC(C(=O)O)C2)CCCC1. The minimum Gasteiger partial charge on any atom is -0.481 e.